The normalized spacial score (nSPS) is 10.3. The second kappa shape index (κ2) is 5.26. The summed E-state index contributed by atoms with van der Waals surface area (Å²) in [4.78, 5) is 4.61. The molecule has 0 radical (unpaired) electrons. The van der Waals surface area contributed by atoms with Gasteiger partial charge in [-0.25, -0.2) is 0 Å². The lowest BCUT2D eigenvalue weighted by atomic mass is 10.1. The number of aryl methyl sites for hydroxylation is 2. The minimum absolute atomic E-state index is 0.639. The van der Waals surface area contributed by atoms with Crippen LogP contribution in [0.1, 0.15) is 16.8 Å². The number of hydrogen-bond acceptors (Lipinski definition) is 3. The van der Waals surface area contributed by atoms with Crippen molar-refractivity contribution in [1.29, 1.82) is 5.26 Å². The molecular formula is C18H15N3. The van der Waals surface area contributed by atoms with Crippen LogP contribution in [0.2, 0.25) is 0 Å². The average Bonchev–Trinajstić information content (AvgIpc) is 2.49. The fourth-order valence-corrected chi connectivity index (χ4v) is 2.41. The van der Waals surface area contributed by atoms with Gasteiger partial charge in [-0.15, -0.1) is 0 Å². The second-order valence-corrected chi connectivity index (χ2v) is 5.06. The molecule has 0 fully saturated rings. The number of hydrogen-bond donors (Lipinski definition) is 1. The van der Waals surface area contributed by atoms with E-state index in [4.69, 9.17) is 0 Å². The van der Waals surface area contributed by atoms with Crippen molar-refractivity contribution in [3.8, 4) is 6.07 Å². The van der Waals surface area contributed by atoms with Gasteiger partial charge in [-0.3, -0.25) is 4.98 Å². The first-order valence-electron chi connectivity index (χ1n) is 6.82. The molecule has 0 bridgehead atoms. The van der Waals surface area contributed by atoms with Crippen LogP contribution in [0.5, 0.6) is 0 Å². The topological polar surface area (TPSA) is 48.7 Å². The van der Waals surface area contributed by atoms with Gasteiger partial charge in [0, 0.05) is 11.1 Å². The van der Waals surface area contributed by atoms with E-state index >= 15 is 0 Å². The monoisotopic (exact) mass is 273 g/mol. The number of nitrogens with one attached hydrogen (secondary N) is 1. The van der Waals surface area contributed by atoms with Crippen molar-refractivity contribution in [1.82, 2.24) is 4.98 Å². The fraction of sp³-hybridized carbons (Fsp3) is 0.111. The quantitative estimate of drug-likeness (QED) is 0.749. The van der Waals surface area contributed by atoms with Crippen LogP contribution in [0.4, 0.5) is 11.4 Å². The van der Waals surface area contributed by atoms with Crippen molar-refractivity contribution in [2.75, 3.05) is 5.32 Å². The van der Waals surface area contributed by atoms with Crippen molar-refractivity contribution >= 4 is 22.3 Å². The molecule has 0 aliphatic rings. The molecule has 2 aromatic carbocycles. The van der Waals surface area contributed by atoms with E-state index in [2.05, 4.69) is 22.4 Å². The van der Waals surface area contributed by atoms with Crippen LogP contribution in [0, 0.1) is 25.2 Å². The predicted octanol–water partition coefficient (Wildman–Crippen LogP) is 4.47. The maximum absolute atomic E-state index is 9.27. The summed E-state index contributed by atoms with van der Waals surface area (Å²) < 4.78 is 0. The summed E-state index contributed by atoms with van der Waals surface area (Å²) in [6.07, 6.45) is 0. The number of pyridine rings is 1. The minimum atomic E-state index is 0.639. The van der Waals surface area contributed by atoms with Gasteiger partial charge in [-0.2, -0.15) is 5.26 Å². The lowest BCUT2D eigenvalue weighted by Crippen LogP contribution is -1.98. The zero-order valence-corrected chi connectivity index (χ0v) is 12.0. The van der Waals surface area contributed by atoms with Gasteiger partial charge in [-0.05, 0) is 37.6 Å². The summed E-state index contributed by atoms with van der Waals surface area (Å²) in [6, 6.07) is 18.0. The molecule has 3 aromatic rings. The van der Waals surface area contributed by atoms with E-state index < -0.39 is 0 Å². The van der Waals surface area contributed by atoms with Gasteiger partial charge in [0.15, 0.2) is 0 Å². The van der Waals surface area contributed by atoms with Gasteiger partial charge in [0.25, 0.3) is 0 Å². The molecule has 1 N–H and O–H groups in total. The van der Waals surface area contributed by atoms with E-state index in [-0.39, 0.29) is 0 Å². The molecule has 0 unspecified atom stereocenters. The molecular weight excluding hydrogens is 258 g/mol. The molecule has 102 valence electrons. The zero-order chi connectivity index (χ0) is 14.8. The number of fused-ring (bicyclic) bond motifs is 1. The van der Waals surface area contributed by atoms with E-state index in [9.17, 15) is 5.26 Å². The van der Waals surface area contributed by atoms with Crippen LogP contribution in [-0.2, 0) is 0 Å². The molecule has 1 heterocycles. The lowest BCUT2D eigenvalue weighted by Gasteiger charge is -2.13. The third-order valence-corrected chi connectivity index (χ3v) is 3.51. The number of anilines is 2. The van der Waals surface area contributed by atoms with E-state index in [1.54, 1.807) is 0 Å². The molecule has 0 aliphatic carbocycles. The Morgan fingerprint density at radius 2 is 1.81 bits per heavy atom. The highest BCUT2D eigenvalue weighted by molar-refractivity contribution is 5.93. The Bertz CT molecular complexity index is 860. The summed E-state index contributed by atoms with van der Waals surface area (Å²) in [5, 5.41) is 13.7. The van der Waals surface area contributed by atoms with E-state index in [1.807, 2.05) is 56.3 Å². The summed E-state index contributed by atoms with van der Waals surface area (Å²) in [6.45, 7) is 3.97. The highest BCUT2D eigenvalue weighted by Crippen LogP contribution is 2.28. The summed E-state index contributed by atoms with van der Waals surface area (Å²) >= 11 is 0. The third kappa shape index (κ3) is 2.44. The summed E-state index contributed by atoms with van der Waals surface area (Å²) in [5.41, 5.74) is 5.34. The Kier molecular flexibility index (Phi) is 3.29. The van der Waals surface area contributed by atoms with E-state index in [1.165, 1.54) is 0 Å². The molecule has 21 heavy (non-hydrogen) atoms. The molecule has 0 aliphatic heterocycles. The molecule has 0 saturated carbocycles. The van der Waals surface area contributed by atoms with Crippen molar-refractivity contribution < 1.29 is 0 Å². The van der Waals surface area contributed by atoms with Gasteiger partial charge in [-0.1, -0.05) is 30.3 Å². The van der Waals surface area contributed by atoms with Crippen LogP contribution in [0.3, 0.4) is 0 Å². The number of aromatic nitrogens is 1. The average molecular weight is 273 g/mol. The first-order chi connectivity index (χ1) is 10.2. The van der Waals surface area contributed by atoms with Crippen LogP contribution in [0.25, 0.3) is 10.9 Å². The SMILES string of the molecule is Cc1ccc2cccc(Nc3c(C)cccc3C#N)c2n1. The van der Waals surface area contributed by atoms with Gasteiger partial charge in [0.2, 0.25) is 0 Å². The number of para-hydroxylation sites is 2. The molecule has 0 saturated heterocycles. The Balaban J connectivity index is 2.15. The Morgan fingerprint density at radius 1 is 1.00 bits per heavy atom. The third-order valence-electron chi connectivity index (χ3n) is 3.51. The van der Waals surface area contributed by atoms with Crippen molar-refractivity contribution in [2.24, 2.45) is 0 Å². The van der Waals surface area contributed by atoms with E-state index in [0.717, 1.165) is 33.5 Å². The summed E-state index contributed by atoms with van der Waals surface area (Å²) in [7, 11) is 0. The Morgan fingerprint density at radius 3 is 2.62 bits per heavy atom. The largest absolute Gasteiger partial charge is 0.352 e. The Hall–Kier alpha value is -2.86. The minimum Gasteiger partial charge on any atom is -0.352 e. The van der Waals surface area contributed by atoms with Crippen molar-refractivity contribution in [3.05, 3.63) is 65.4 Å². The van der Waals surface area contributed by atoms with Crippen LogP contribution in [0.15, 0.2) is 48.5 Å². The van der Waals surface area contributed by atoms with E-state index in [0.29, 0.717) is 5.56 Å². The summed E-state index contributed by atoms with van der Waals surface area (Å²) in [5.74, 6) is 0. The number of nitrogens with zero attached hydrogens (tertiary/aromatic N) is 2. The van der Waals surface area contributed by atoms with Crippen LogP contribution < -0.4 is 5.32 Å². The van der Waals surface area contributed by atoms with Gasteiger partial charge < -0.3 is 5.32 Å². The van der Waals surface area contributed by atoms with Crippen molar-refractivity contribution in [3.63, 3.8) is 0 Å². The molecule has 3 rings (SSSR count). The van der Waals surface area contributed by atoms with Gasteiger partial charge in [0.05, 0.1) is 22.5 Å². The standard InChI is InChI=1S/C18H15N3/c1-12-5-3-7-15(11-19)17(12)21-16-8-4-6-14-10-9-13(2)20-18(14)16/h3-10,21H,1-2H3. The first kappa shape index (κ1) is 13.1. The maximum atomic E-state index is 9.27. The number of nitriles is 1. The number of rotatable bonds is 2. The van der Waals surface area contributed by atoms with Crippen LogP contribution in [-0.4, -0.2) is 4.98 Å². The van der Waals surface area contributed by atoms with Crippen molar-refractivity contribution in [2.45, 2.75) is 13.8 Å². The van der Waals surface area contributed by atoms with Crippen LogP contribution >= 0.6 is 0 Å². The molecule has 0 atom stereocenters. The highest BCUT2D eigenvalue weighted by atomic mass is 14.9. The first-order valence-corrected chi connectivity index (χ1v) is 6.82. The molecule has 3 heteroatoms. The smallest absolute Gasteiger partial charge is 0.101 e. The predicted molar refractivity (Wildman–Crippen MR) is 85.7 cm³/mol. The lowest BCUT2D eigenvalue weighted by molar-refractivity contribution is 1.25. The molecule has 0 spiro atoms. The van der Waals surface area contributed by atoms with Gasteiger partial charge >= 0.3 is 0 Å². The maximum Gasteiger partial charge on any atom is 0.101 e. The number of benzene rings is 2. The molecule has 1 aromatic heterocycles. The second-order valence-electron chi connectivity index (χ2n) is 5.06. The fourth-order valence-electron chi connectivity index (χ4n) is 2.41. The Labute approximate surface area is 123 Å². The van der Waals surface area contributed by atoms with Gasteiger partial charge in [0.1, 0.15) is 6.07 Å². The molecule has 0 amide bonds. The zero-order valence-electron chi connectivity index (χ0n) is 12.0. The molecule has 3 nitrogen and oxygen atoms in total. The highest BCUT2D eigenvalue weighted by Gasteiger charge is 2.08.